The number of aryl methyl sites for hydroxylation is 1. The molecule has 0 bridgehead atoms. The Labute approximate surface area is 83.2 Å². The molecule has 0 fully saturated rings. The first-order valence-electron chi connectivity index (χ1n) is 4.66. The summed E-state index contributed by atoms with van der Waals surface area (Å²) in [5.41, 5.74) is 3.16. The zero-order valence-electron chi connectivity index (χ0n) is 8.41. The number of hydroxylamine groups is 1. The Morgan fingerprint density at radius 1 is 1.36 bits per heavy atom. The molecule has 0 aliphatic heterocycles. The molecule has 0 saturated heterocycles. The van der Waals surface area contributed by atoms with Crippen molar-refractivity contribution in [2.75, 3.05) is 14.2 Å². The molecule has 0 saturated carbocycles. The van der Waals surface area contributed by atoms with Gasteiger partial charge in [-0.1, -0.05) is 0 Å². The van der Waals surface area contributed by atoms with Crippen molar-refractivity contribution in [2.45, 2.75) is 12.8 Å². The smallest absolute Gasteiger partial charge is 0.194 e. The van der Waals surface area contributed by atoms with Gasteiger partial charge in [0.25, 0.3) is 0 Å². The van der Waals surface area contributed by atoms with Crippen molar-refractivity contribution in [3.8, 4) is 5.75 Å². The largest absolute Gasteiger partial charge is 0.624 e. The van der Waals surface area contributed by atoms with Crippen LogP contribution in [0.3, 0.4) is 0 Å². The van der Waals surface area contributed by atoms with Gasteiger partial charge in [0.05, 0.1) is 7.11 Å². The third kappa shape index (κ3) is 1.35. The first kappa shape index (κ1) is 9.06. The van der Waals surface area contributed by atoms with Crippen molar-refractivity contribution in [1.29, 1.82) is 0 Å². The van der Waals surface area contributed by atoms with Gasteiger partial charge in [-0.3, -0.25) is 0 Å². The minimum Gasteiger partial charge on any atom is -0.624 e. The quantitative estimate of drug-likeness (QED) is 0.383. The van der Waals surface area contributed by atoms with Crippen molar-refractivity contribution >= 4 is 5.71 Å². The van der Waals surface area contributed by atoms with Gasteiger partial charge < -0.3 is 9.94 Å². The van der Waals surface area contributed by atoms with E-state index >= 15 is 0 Å². The highest BCUT2D eigenvalue weighted by molar-refractivity contribution is 6.01. The van der Waals surface area contributed by atoms with Crippen LogP contribution in [0.1, 0.15) is 17.5 Å². The summed E-state index contributed by atoms with van der Waals surface area (Å²) < 4.78 is 6.09. The third-order valence-corrected chi connectivity index (χ3v) is 2.63. The average Bonchev–Trinajstić information content (AvgIpc) is 2.59. The Morgan fingerprint density at radius 2 is 2.14 bits per heavy atom. The number of ether oxygens (including phenoxy) is 1. The van der Waals surface area contributed by atoms with Gasteiger partial charge in [0.1, 0.15) is 12.8 Å². The Balaban J connectivity index is 2.49. The summed E-state index contributed by atoms with van der Waals surface area (Å²) in [6.45, 7) is 0. The van der Waals surface area contributed by atoms with Gasteiger partial charge in [-0.25, -0.2) is 4.74 Å². The maximum Gasteiger partial charge on any atom is 0.194 e. The van der Waals surface area contributed by atoms with Crippen LogP contribution in [0.2, 0.25) is 0 Å². The molecule has 1 aliphatic carbocycles. The van der Waals surface area contributed by atoms with Crippen molar-refractivity contribution in [3.05, 3.63) is 34.5 Å². The fraction of sp³-hybridized carbons (Fsp3) is 0.364. The second-order valence-electron chi connectivity index (χ2n) is 3.47. The van der Waals surface area contributed by atoms with Crippen LogP contribution in [0.25, 0.3) is 0 Å². The van der Waals surface area contributed by atoms with Gasteiger partial charge in [0.15, 0.2) is 5.71 Å². The van der Waals surface area contributed by atoms with Crippen LogP contribution < -0.4 is 4.74 Å². The number of benzene rings is 1. The summed E-state index contributed by atoms with van der Waals surface area (Å²) in [4.78, 5) is 0. The lowest BCUT2D eigenvalue weighted by atomic mass is 10.1. The van der Waals surface area contributed by atoms with Crippen LogP contribution in [0, 0.1) is 5.21 Å². The van der Waals surface area contributed by atoms with Crippen LogP contribution in [0.5, 0.6) is 5.75 Å². The van der Waals surface area contributed by atoms with E-state index in [4.69, 9.17) is 4.74 Å². The van der Waals surface area contributed by atoms with Gasteiger partial charge in [0, 0.05) is 12.0 Å². The lowest BCUT2D eigenvalue weighted by Gasteiger charge is -2.04. The van der Waals surface area contributed by atoms with Crippen LogP contribution in [0.4, 0.5) is 0 Å². The summed E-state index contributed by atoms with van der Waals surface area (Å²) in [5.74, 6) is 0.860. The molecule has 1 aromatic carbocycles. The Bertz CT molecular complexity index is 392. The van der Waals surface area contributed by atoms with E-state index in [1.807, 2.05) is 18.2 Å². The van der Waals surface area contributed by atoms with E-state index in [1.165, 1.54) is 5.56 Å². The van der Waals surface area contributed by atoms with Gasteiger partial charge in [-0.15, -0.1) is 0 Å². The van der Waals surface area contributed by atoms with Crippen LogP contribution in [-0.2, 0) is 6.42 Å². The fourth-order valence-corrected chi connectivity index (χ4v) is 1.90. The number of hydrogen-bond acceptors (Lipinski definition) is 2. The second-order valence-corrected chi connectivity index (χ2v) is 3.47. The summed E-state index contributed by atoms with van der Waals surface area (Å²) in [6, 6.07) is 5.87. The first-order chi connectivity index (χ1) is 6.72. The van der Waals surface area contributed by atoms with Gasteiger partial charge in [0.2, 0.25) is 0 Å². The van der Waals surface area contributed by atoms with Gasteiger partial charge in [-0.2, -0.15) is 0 Å². The van der Waals surface area contributed by atoms with E-state index in [2.05, 4.69) is 0 Å². The molecule has 0 aromatic heterocycles. The number of methoxy groups -OCH3 is 1. The maximum atomic E-state index is 11.2. The highest BCUT2D eigenvalue weighted by Gasteiger charge is 2.23. The summed E-state index contributed by atoms with van der Waals surface area (Å²) in [5, 5.41) is 11.2. The maximum absolute atomic E-state index is 11.2. The van der Waals surface area contributed by atoms with Gasteiger partial charge in [-0.05, 0) is 30.2 Å². The Kier molecular flexibility index (Phi) is 2.15. The molecule has 1 aliphatic rings. The van der Waals surface area contributed by atoms with E-state index < -0.39 is 0 Å². The lowest BCUT2D eigenvalue weighted by molar-refractivity contribution is -0.423. The summed E-state index contributed by atoms with van der Waals surface area (Å²) in [7, 11) is 3.20. The zero-order chi connectivity index (χ0) is 10.1. The van der Waals surface area contributed by atoms with Crippen molar-refractivity contribution in [3.63, 3.8) is 0 Å². The minimum absolute atomic E-state index is 0.836. The Hall–Kier alpha value is -1.51. The molecule has 1 aromatic rings. The molecular formula is C11H13NO2. The highest BCUT2D eigenvalue weighted by atomic mass is 16.5. The molecule has 0 heterocycles. The molecular weight excluding hydrogens is 178 g/mol. The normalized spacial score (nSPS) is 17.9. The molecule has 14 heavy (non-hydrogen) atoms. The molecule has 3 nitrogen and oxygen atoms in total. The fourth-order valence-electron chi connectivity index (χ4n) is 1.90. The first-order valence-corrected chi connectivity index (χ1v) is 4.66. The molecule has 2 rings (SSSR count). The SMILES string of the molecule is COc1ccc2c(c1)CC/C2=[N+](\C)[O-]. The number of nitrogens with zero attached hydrogens (tertiary/aromatic N) is 1. The molecule has 0 spiro atoms. The van der Waals surface area contributed by atoms with E-state index in [0.29, 0.717) is 0 Å². The number of hydrogen-bond donors (Lipinski definition) is 0. The summed E-state index contributed by atoms with van der Waals surface area (Å²) >= 11 is 0. The van der Waals surface area contributed by atoms with Crippen LogP contribution >= 0.6 is 0 Å². The topological polar surface area (TPSA) is 35.3 Å². The lowest BCUT2D eigenvalue weighted by Crippen LogP contribution is -2.09. The van der Waals surface area contributed by atoms with Crippen molar-refractivity contribution in [2.24, 2.45) is 0 Å². The predicted octanol–water partition coefficient (Wildman–Crippen LogP) is 1.57. The van der Waals surface area contributed by atoms with Gasteiger partial charge >= 0.3 is 0 Å². The van der Waals surface area contributed by atoms with E-state index in [9.17, 15) is 5.21 Å². The zero-order valence-corrected chi connectivity index (χ0v) is 8.41. The summed E-state index contributed by atoms with van der Waals surface area (Å²) in [6.07, 6.45) is 1.77. The predicted molar refractivity (Wildman–Crippen MR) is 55.0 cm³/mol. The molecule has 0 amide bonds. The van der Waals surface area contributed by atoms with Crippen molar-refractivity contribution in [1.82, 2.24) is 0 Å². The Morgan fingerprint density at radius 3 is 2.79 bits per heavy atom. The molecule has 0 radical (unpaired) electrons. The standard InChI is InChI=1S/C11H13NO2/c1-12(13)11-6-3-8-7-9(14-2)4-5-10(8)11/h4-5,7H,3,6H2,1-2H3/b12-11-. The average molecular weight is 191 g/mol. The van der Waals surface area contributed by atoms with E-state index in [1.54, 1.807) is 14.2 Å². The van der Waals surface area contributed by atoms with E-state index in [-0.39, 0.29) is 0 Å². The van der Waals surface area contributed by atoms with E-state index in [0.717, 1.165) is 34.6 Å². The minimum atomic E-state index is 0.836. The molecule has 0 unspecified atom stereocenters. The monoisotopic (exact) mass is 191 g/mol. The molecule has 0 atom stereocenters. The van der Waals surface area contributed by atoms with Crippen LogP contribution in [-0.4, -0.2) is 24.6 Å². The van der Waals surface area contributed by atoms with Crippen molar-refractivity contribution < 1.29 is 9.48 Å². The number of rotatable bonds is 1. The second kappa shape index (κ2) is 3.33. The molecule has 3 heteroatoms. The highest BCUT2D eigenvalue weighted by Crippen LogP contribution is 2.26. The number of fused-ring (bicyclic) bond motifs is 1. The third-order valence-electron chi connectivity index (χ3n) is 2.63. The molecule has 74 valence electrons. The van der Waals surface area contributed by atoms with Crippen LogP contribution in [0.15, 0.2) is 18.2 Å². The molecule has 0 N–H and O–H groups in total.